The van der Waals surface area contributed by atoms with Gasteiger partial charge >= 0.3 is 11.9 Å². The molecule has 0 aliphatic carbocycles. The molecule has 31 heavy (non-hydrogen) atoms. The predicted octanol–water partition coefficient (Wildman–Crippen LogP) is 5.10. The number of thioether (sulfide) groups is 1. The maximum Gasteiger partial charge on any atom is 0.348 e. The van der Waals surface area contributed by atoms with Crippen molar-refractivity contribution in [3.8, 4) is 0 Å². The molecule has 160 valence electrons. The highest BCUT2D eigenvalue weighted by Crippen LogP contribution is 2.39. The lowest BCUT2D eigenvalue weighted by molar-refractivity contribution is -0.115. The quantitative estimate of drug-likeness (QED) is 0.394. The first-order valence-electron chi connectivity index (χ1n) is 9.33. The summed E-state index contributed by atoms with van der Waals surface area (Å²) in [6.07, 6.45) is 0. The predicted molar refractivity (Wildman–Crippen MR) is 122 cm³/mol. The third-order valence-electron chi connectivity index (χ3n) is 4.48. The molecule has 2 aromatic carbocycles. The molecule has 3 rings (SSSR count). The highest BCUT2D eigenvalue weighted by atomic mass is 32.2. The molecule has 0 saturated heterocycles. The van der Waals surface area contributed by atoms with E-state index in [1.54, 1.807) is 6.92 Å². The van der Waals surface area contributed by atoms with Crippen LogP contribution in [-0.2, 0) is 14.3 Å². The molecule has 6 nitrogen and oxygen atoms in total. The molecule has 1 N–H and O–H groups in total. The summed E-state index contributed by atoms with van der Waals surface area (Å²) in [4.78, 5) is 39.0. The van der Waals surface area contributed by atoms with Crippen LogP contribution in [0.4, 0.5) is 5.00 Å². The number of rotatable bonds is 7. The summed E-state index contributed by atoms with van der Waals surface area (Å²) in [5.41, 5.74) is 1.37. The highest BCUT2D eigenvalue weighted by Gasteiger charge is 2.29. The Labute approximate surface area is 188 Å². The lowest BCUT2D eigenvalue weighted by atomic mass is 10.1. The van der Waals surface area contributed by atoms with Crippen LogP contribution in [0.25, 0.3) is 0 Å². The summed E-state index contributed by atoms with van der Waals surface area (Å²) >= 11 is 2.39. The molecule has 0 radical (unpaired) electrons. The Morgan fingerprint density at radius 1 is 0.903 bits per heavy atom. The molecule has 0 saturated carbocycles. The van der Waals surface area contributed by atoms with Gasteiger partial charge in [-0.05, 0) is 30.2 Å². The number of nitrogens with one attached hydrogen (secondary N) is 1. The standard InChI is InChI=1S/C23H21NO5S2/c1-14-17(22(26)28-2)21(31-18(14)23(27)29-3)24-20(25)19(15-10-6-4-7-11-15)30-16-12-8-5-9-13-16/h4-13,19H,1-3H3,(H,24,25)/t19-/m1/s1. The first-order chi connectivity index (χ1) is 15.0. The summed E-state index contributed by atoms with van der Waals surface area (Å²) in [5, 5.41) is 2.52. The van der Waals surface area contributed by atoms with Crippen LogP contribution < -0.4 is 5.32 Å². The van der Waals surface area contributed by atoms with Crippen molar-refractivity contribution in [2.75, 3.05) is 19.5 Å². The Bertz CT molecular complexity index is 1080. The van der Waals surface area contributed by atoms with Crippen LogP contribution in [0.1, 0.15) is 36.4 Å². The van der Waals surface area contributed by atoms with Gasteiger partial charge in [0.25, 0.3) is 0 Å². The van der Waals surface area contributed by atoms with Gasteiger partial charge in [0.15, 0.2) is 0 Å². The second-order valence-corrected chi connectivity index (χ2v) is 8.65. The van der Waals surface area contributed by atoms with Gasteiger partial charge in [-0.2, -0.15) is 0 Å². The van der Waals surface area contributed by atoms with Crippen LogP contribution in [0.5, 0.6) is 0 Å². The fraction of sp³-hybridized carbons (Fsp3) is 0.174. The van der Waals surface area contributed by atoms with Crippen molar-refractivity contribution in [3.63, 3.8) is 0 Å². The molecule has 1 heterocycles. The summed E-state index contributed by atoms with van der Waals surface area (Å²) < 4.78 is 9.67. The minimum atomic E-state index is -0.633. The van der Waals surface area contributed by atoms with Crippen molar-refractivity contribution in [2.24, 2.45) is 0 Å². The number of methoxy groups -OCH3 is 2. The second kappa shape index (κ2) is 10.3. The minimum absolute atomic E-state index is 0.151. The van der Waals surface area contributed by atoms with E-state index < -0.39 is 17.2 Å². The van der Waals surface area contributed by atoms with Gasteiger partial charge in [0, 0.05) is 4.90 Å². The summed E-state index contributed by atoms with van der Waals surface area (Å²) in [5.74, 6) is -1.53. The SMILES string of the molecule is COC(=O)c1sc(NC(=O)[C@H](Sc2ccccc2)c2ccccc2)c(C(=O)OC)c1C. The van der Waals surface area contributed by atoms with Crippen LogP contribution >= 0.6 is 23.1 Å². The third-order valence-corrected chi connectivity index (χ3v) is 6.93. The topological polar surface area (TPSA) is 81.7 Å². The molecule has 0 bridgehead atoms. The van der Waals surface area contributed by atoms with E-state index in [0.29, 0.717) is 5.56 Å². The van der Waals surface area contributed by atoms with Gasteiger partial charge in [-0.3, -0.25) is 4.79 Å². The first kappa shape index (κ1) is 22.6. The van der Waals surface area contributed by atoms with E-state index in [4.69, 9.17) is 9.47 Å². The van der Waals surface area contributed by atoms with Crippen LogP contribution in [0.2, 0.25) is 0 Å². The Kier molecular flexibility index (Phi) is 7.49. The van der Waals surface area contributed by atoms with Gasteiger partial charge in [0.05, 0.1) is 19.8 Å². The molecular formula is C23H21NO5S2. The van der Waals surface area contributed by atoms with Gasteiger partial charge in [-0.1, -0.05) is 48.5 Å². The Morgan fingerprint density at radius 2 is 1.48 bits per heavy atom. The van der Waals surface area contributed by atoms with Crippen molar-refractivity contribution < 1.29 is 23.9 Å². The number of hydrogen-bond acceptors (Lipinski definition) is 7. The molecular weight excluding hydrogens is 434 g/mol. The molecule has 0 aliphatic rings. The lowest BCUT2D eigenvalue weighted by Gasteiger charge is -2.17. The minimum Gasteiger partial charge on any atom is -0.465 e. The van der Waals surface area contributed by atoms with Gasteiger partial charge in [0.2, 0.25) is 5.91 Å². The van der Waals surface area contributed by atoms with E-state index in [-0.39, 0.29) is 21.3 Å². The molecule has 0 unspecified atom stereocenters. The largest absolute Gasteiger partial charge is 0.465 e. The molecule has 0 fully saturated rings. The Hall–Kier alpha value is -3.10. The molecule has 1 aromatic heterocycles. The number of amides is 1. The smallest absolute Gasteiger partial charge is 0.348 e. The summed E-state index contributed by atoms with van der Waals surface area (Å²) in [6.45, 7) is 1.62. The van der Waals surface area contributed by atoms with Crippen molar-refractivity contribution >= 4 is 45.9 Å². The second-order valence-electron chi connectivity index (χ2n) is 6.45. The zero-order valence-corrected chi connectivity index (χ0v) is 18.8. The summed E-state index contributed by atoms with van der Waals surface area (Å²) in [7, 11) is 2.51. The van der Waals surface area contributed by atoms with Crippen LogP contribution in [-0.4, -0.2) is 32.1 Å². The molecule has 0 aliphatic heterocycles. The van der Waals surface area contributed by atoms with E-state index in [1.165, 1.54) is 26.0 Å². The lowest BCUT2D eigenvalue weighted by Crippen LogP contribution is -2.20. The van der Waals surface area contributed by atoms with Gasteiger partial charge in [-0.15, -0.1) is 23.1 Å². The Morgan fingerprint density at radius 3 is 2.06 bits per heavy atom. The van der Waals surface area contributed by atoms with Crippen molar-refractivity contribution in [1.29, 1.82) is 0 Å². The summed E-state index contributed by atoms with van der Waals surface area (Å²) in [6, 6.07) is 18.9. The van der Waals surface area contributed by atoms with Crippen LogP contribution in [0, 0.1) is 6.92 Å². The van der Waals surface area contributed by atoms with E-state index >= 15 is 0 Å². The number of hydrogen-bond donors (Lipinski definition) is 1. The molecule has 1 atom stereocenters. The number of esters is 2. The van der Waals surface area contributed by atoms with E-state index in [0.717, 1.165) is 21.8 Å². The first-order valence-corrected chi connectivity index (χ1v) is 11.0. The van der Waals surface area contributed by atoms with E-state index in [9.17, 15) is 14.4 Å². The molecule has 1 amide bonds. The molecule has 8 heteroatoms. The number of thiophene rings is 1. The molecule has 3 aromatic rings. The maximum atomic E-state index is 13.3. The zero-order valence-electron chi connectivity index (χ0n) is 17.2. The van der Waals surface area contributed by atoms with E-state index in [1.807, 2.05) is 60.7 Å². The normalized spacial score (nSPS) is 11.5. The van der Waals surface area contributed by atoms with Crippen molar-refractivity contribution in [2.45, 2.75) is 17.1 Å². The van der Waals surface area contributed by atoms with Gasteiger partial charge < -0.3 is 14.8 Å². The number of anilines is 1. The highest BCUT2D eigenvalue weighted by molar-refractivity contribution is 8.00. The van der Waals surface area contributed by atoms with Crippen molar-refractivity contribution in [1.82, 2.24) is 0 Å². The molecule has 0 spiro atoms. The maximum absolute atomic E-state index is 13.3. The van der Waals surface area contributed by atoms with Crippen LogP contribution in [0.15, 0.2) is 65.6 Å². The fourth-order valence-corrected chi connectivity index (χ4v) is 5.11. The number of benzene rings is 2. The average molecular weight is 456 g/mol. The van der Waals surface area contributed by atoms with Gasteiger partial charge in [-0.25, -0.2) is 9.59 Å². The number of carbonyl (C=O) groups excluding carboxylic acids is 3. The number of ether oxygens (including phenoxy) is 2. The average Bonchev–Trinajstić information content (AvgIpc) is 3.13. The van der Waals surface area contributed by atoms with Crippen LogP contribution in [0.3, 0.4) is 0 Å². The monoisotopic (exact) mass is 455 g/mol. The van der Waals surface area contributed by atoms with Crippen molar-refractivity contribution in [3.05, 3.63) is 82.2 Å². The Balaban J connectivity index is 1.98. The van der Waals surface area contributed by atoms with E-state index in [2.05, 4.69) is 5.32 Å². The van der Waals surface area contributed by atoms with Gasteiger partial charge in [0.1, 0.15) is 15.1 Å². The number of carbonyl (C=O) groups is 3. The fourth-order valence-electron chi connectivity index (χ4n) is 2.95. The zero-order chi connectivity index (χ0) is 22.4. The third kappa shape index (κ3) is 5.15.